The Morgan fingerprint density at radius 1 is 0.620 bits per heavy atom. The van der Waals surface area contributed by atoms with Crippen molar-refractivity contribution in [3.63, 3.8) is 0 Å². The molecule has 4 nitrogen and oxygen atoms in total. The van der Waals surface area contributed by atoms with E-state index in [4.69, 9.17) is 9.97 Å². The third-order valence-corrected chi connectivity index (χ3v) is 13.0. The zero-order chi connectivity index (χ0) is 32.5. The van der Waals surface area contributed by atoms with Gasteiger partial charge >= 0.3 is 0 Å². The highest BCUT2D eigenvalue weighted by Crippen LogP contribution is 2.59. The fourth-order valence-electron chi connectivity index (χ4n) is 8.72. The second kappa shape index (κ2) is 9.94. The normalized spacial score (nSPS) is 17.3. The predicted octanol–water partition coefficient (Wildman–Crippen LogP) is 12.0. The highest BCUT2D eigenvalue weighted by atomic mass is 32.2. The van der Waals surface area contributed by atoms with Crippen LogP contribution in [0.3, 0.4) is 0 Å². The topological polar surface area (TPSA) is 34.0 Å². The van der Waals surface area contributed by atoms with Crippen molar-refractivity contribution in [2.24, 2.45) is 0 Å². The van der Waals surface area contributed by atoms with Crippen molar-refractivity contribution >= 4 is 87.6 Å². The number of rotatable bonds is 2. The van der Waals surface area contributed by atoms with Gasteiger partial charge in [-0.1, -0.05) is 115 Å². The molecule has 9 aromatic rings. The molecule has 0 spiro atoms. The van der Waals surface area contributed by atoms with Crippen molar-refractivity contribution in [3.05, 3.63) is 151 Å². The van der Waals surface area contributed by atoms with Gasteiger partial charge in [0.05, 0.1) is 34.0 Å². The van der Waals surface area contributed by atoms with Crippen molar-refractivity contribution in [1.29, 1.82) is 0 Å². The molecule has 0 N–H and O–H groups in total. The van der Waals surface area contributed by atoms with E-state index >= 15 is 0 Å². The maximum atomic E-state index is 5.57. The molecule has 6 aromatic carbocycles. The van der Waals surface area contributed by atoms with Crippen molar-refractivity contribution in [2.75, 3.05) is 4.90 Å². The van der Waals surface area contributed by atoms with Crippen LogP contribution in [0.5, 0.6) is 0 Å². The molecule has 2 atom stereocenters. The lowest BCUT2D eigenvalue weighted by molar-refractivity contribution is 0.734. The molecule has 1 aliphatic carbocycles. The Labute approximate surface area is 295 Å². The van der Waals surface area contributed by atoms with Crippen molar-refractivity contribution < 1.29 is 0 Å². The maximum Gasteiger partial charge on any atom is 0.231 e. The van der Waals surface area contributed by atoms with E-state index in [9.17, 15) is 0 Å². The number of allylic oxidation sites excluding steroid dienone is 2. The zero-order valence-electron chi connectivity index (χ0n) is 26.6. The van der Waals surface area contributed by atoms with E-state index in [1.54, 1.807) is 0 Å². The van der Waals surface area contributed by atoms with E-state index < -0.39 is 0 Å². The number of aromatic nitrogens is 3. The van der Waals surface area contributed by atoms with Crippen LogP contribution < -0.4 is 4.90 Å². The summed E-state index contributed by atoms with van der Waals surface area (Å²) in [5.41, 5.74) is 9.28. The van der Waals surface area contributed by atoms with Crippen LogP contribution in [0.15, 0.2) is 155 Å². The molecule has 0 saturated carbocycles. The quantitative estimate of drug-likeness (QED) is 0.183. The smallest absolute Gasteiger partial charge is 0.231 e. The summed E-state index contributed by atoms with van der Waals surface area (Å²) in [5.74, 6) is 0.883. The maximum absolute atomic E-state index is 5.57. The standard InChI is InChI=1S/C44H26N4S2/c1-2-13-25(14-3-1)47-31-20-8-4-15-26(31)36-37-28-17-6-10-22-33(28)50-43(37)38-27-16-5-9-21-32(27)48(42(38)41(36)47)44-45-30-19-12-24-35-39(30)40(46-44)29-18-7-11-23-34(29)49-35/h1-24,27,32H. The van der Waals surface area contributed by atoms with Crippen LogP contribution in [0.2, 0.25) is 0 Å². The Morgan fingerprint density at radius 2 is 1.40 bits per heavy atom. The Morgan fingerprint density at radius 3 is 2.34 bits per heavy atom. The van der Waals surface area contributed by atoms with Crippen molar-refractivity contribution in [2.45, 2.75) is 21.8 Å². The van der Waals surface area contributed by atoms with Crippen LogP contribution in [0, 0.1) is 0 Å². The van der Waals surface area contributed by atoms with Crippen LogP contribution in [-0.2, 0) is 0 Å². The Bertz CT molecular complexity index is 2990. The van der Waals surface area contributed by atoms with Gasteiger partial charge in [-0.25, -0.2) is 9.97 Å². The van der Waals surface area contributed by atoms with E-state index in [-0.39, 0.29) is 12.0 Å². The predicted molar refractivity (Wildman–Crippen MR) is 210 cm³/mol. The molecule has 6 heteroatoms. The van der Waals surface area contributed by atoms with Gasteiger partial charge < -0.3 is 9.47 Å². The number of fused-ring (bicyclic) bond motifs is 14. The highest BCUT2D eigenvalue weighted by molar-refractivity contribution is 7.99. The molecule has 3 aromatic heterocycles. The van der Waals surface area contributed by atoms with Crippen LogP contribution in [0.4, 0.5) is 11.6 Å². The minimum absolute atomic E-state index is 0.0253. The molecule has 3 aliphatic rings. The molecule has 50 heavy (non-hydrogen) atoms. The minimum Gasteiger partial charge on any atom is -0.307 e. The van der Waals surface area contributed by atoms with Gasteiger partial charge in [-0.2, -0.15) is 0 Å². The number of hydrogen-bond acceptors (Lipinski definition) is 5. The molecule has 5 heterocycles. The summed E-state index contributed by atoms with van der Waals surface area (Å²) >= 11 is 3.73. The fraction of sp³-hybridized carbons (Fsp3) is 0.0455. The number of anilines is 2. The average molecular weight is 675 g/mol. The summed E-state index contributed by atoms with van der Waals surface area (Å²) in [6, 6.07) is 43.9. The number of hydrogen-bond donors (Lipinski definition) is 0. The van der Waals surface area contributed by atoms with Gasteiger partial charge in [-0.05, 0) is 42.5 Å². The summed E-state index contributed by atoms with van der Waals surface area (Å²) in [6.07, 6.45) is 9.16. The van der Waals surface area contributed by atoms with Gasteiger partial charge in [0.15, 0.2) is 0 Å². The van der Waals surface area contributed by atoms with E-state index in [0.717, 1.165) is 28.2 Å². The third-order valence-electron chi connectivity index (χ3n) is 10.7. The number of nitrogens with zero attached hydrogens (tertiary/aromatic N) is 4. The van der Waals surface area contributed by atoms with Crippen LogP contribution >= 0.6 is 23.1 Å². The second-order valence-corrected chi connectivity index (χ2v) is 15.4. The van der Waals surface area contributed by atoms with Gasteiger partial charge in [-0.15, -0.1) is 11.3 Å². The van der Waals surface area contributed by atoms with E-state index in [1.807, 2.05) is 23.1 Å². The summed E-state index contributed by atoms with van der Waals surface area (Å²) in [5, 5.41) is 6.35. The summed E-state index contributed by atoms with van der Waals surface area (Å²) in [6.45, 7) is 0. The molecule has 0 amide bonds. The Balaban J connectivity index is 1.29. The zero-order valence-corrected chi connectivity index (χ0v) is 28.2. The molecule has 2 unspecified atom stereocenters. The Hall–Kier alpha value is -5.69. The first-order chi connectivity index (χ1) is 24.8. The van der Waals surface area contributed by atoms with E-state index in [2.05, 4.69) is 155 Å². The number of para-hydroxylation sites is 2. The number of benzene rings is 6. The SMILES string of the molecule is C1=CC2c3c(c4c(c5ccccc5n4-c4ccccc4)c4c3sc3ccccc34)N(c3nc4c5c(cccc5n3)Sc3ccccc3-4)C2C=C1. The lowest BCUT2D eigenvalue weighted by Crippen LogP contribution is -2.30. The second-order valence-electron chi connectivity index (χ2n) is 13.3. The van der Waals surface area contributed by atoms with Crippen molar-refractivity contribution in [3.8, 4) is 16.9 Å². The van der Waals surface area contributed by atoms with Crippen LogP contribution in [-0.4, -0.2) is 20.6 Å². The first-order valence-electron chi connectivity index (χ1n) is 17.0. The van der Waals surface area contributed by atoms with E-state index in [1.165, 1.54) is 68.6 Å². The van der Waals surface area contributed by atoms with Gasteiger partial charge in [0.25, 0.3) is 0 Å². The van der Waals surface area contributed by atoms with E-state index in [0.29, 0.717) is 0 Å². The molecular formula is C44H26N4S2. The van der Waals surface area contributed by atoms with Gasteiger partial charge in [0, 0.05) is 68.9 Å². The van der Waals surface area contributed by atoms with Crippen LogP contribution in [0.25, 0.3) is 69.8 Å². The van der Waals surface area contributed by atoms with Gasteiger partial charge in [-0.3, -0.25) is 0 Å². The minimum atomic E-state index is 0.0253. The highest BCUT2D eigenvalue weighted by Gasteiger charge is 2.44. The first-order valence-corrected chi connectivity index (χ1v) is 18.6. The molecular weight excluding hydrogens is 649 g/mol. The molecule has 234 valence electrons. The molecule has 0 radical (unpaired) electrons. The molecule has 0 fully saturated rings. The molecule has 12 rings (SSSR count). The van der Waals surface area contributed by atoms with Gasteiger partial charge in [0.2, 0.25) is 5.95 Å². The van der Waals surface area contributed by atoms with Crippen LogP contribution in [0.1, 0.15) is 11.5 Å². The monoisotopic (exact) mass is 674 g/mol. The fourth-order valence-corrected chi connectivity index (χ4v) is 11.1. The summed E-state index contributed by atoms with van der Waals surface area (Å²) < 4.78 is 5.16. The first kappa shape index (κ1) is 27.2. The lowest BCUT2D eigenvalue weighted by Gasteiger charge is -2.29. The number of thiophene rings is 1. The molecule has 2 aliphatic heterocycles. The third kappa shape index (κ3) is 3.47. The van der Waals surface area contributed by atoms with Crippen molar-refractivity contribution in [1.82, 2.24) is 14.5 Å². The molecule has 0 saturated heterocycles. The Kier molecular flexibility index (Phi) is 5.40. The lowest BCUT2D eigenvalue weighted by atomic mass is 9.89. The van der Waals surface area contributed by atoms with Gasteiger partial charge in [0.1, 0.15) is 0 Å². The molecule has 0 bridgehead atoms. The average Bonchev–Trinajstić information content (AvgIpc) is 3.83. The summed E-state index contributed by atoms with van der Waals surface area (Å²) in [7, 11) is 0. The summed E-state index contributed by atoms with van der Waals surface area (Å²) in [4.78, 5) is 15.9. The largest absolute Gasteiger partial charge is 0.307 e.